The molecule has 0 aliphatic carbocycles. The van der Waals surface area contributed by atoms with Crippen LogP contribution in [0.4, 0.5) is 0 Å². The van der Waals surface area contributed by atoms with Gasteiger partial charge in [-0.15, -0.1) is 0 Å². The molecular weight excluding hydrogens is 306 g/mol. The lowest BCUT2D eigenvalue weighted by Gasteiger charge is -2.39. The molecule has 0 amide bonds. The second kappa shape index (κ2) is 5.68. The number of aliphatic carboxylic acids is 1. The van der Waals surface area contributed by atoms with Gasteiger partial charge in [-0.3, -0.25) is 0 Å². The molecule has 1 atom stereocenters. The maximum atomic E-state index is 12.3. The molecule has 2 heterocycles. The molecule has 0 saturated carbocycles. The van der Waals surface area contributed by atoms with E-state index in [1.54, 1.807) is 6.07 Å². The summed E-state index contributed by atoms with van der Waals surface area (Å²) in [5, 5.41) is 9.46. The lowest BCUT2D eigenvalue weighted by atomic mass is 9.96. The van der Waals surface area contributed by atoms with Crippen molar-refractivity contribution in [2.75, 3.05) is 27.3 Å². The van der Waals surface area contributed by atoms with Crippen molar-refractivity contribution >= 4 is 27.3 Å². The predicted molar refractivity (Wildman–Crippen MR) is 71.6 cm³/mol. The van der Waals surface area contributed by atoms with Crippen molar-refractivity contribution in [1.82, 2.24) is 4.31 Å². The fourth-order valence-electron chi connectivity index (χ4n) is 2.03. The molecule has 1 aliphatic heterocycles. The maximum Gasteiger partial charge on any atom is 0.333 e. The Balaban J connectivity index is 2.06. The number of rotatable bonds is 6. The van der Waals surface area contributed by atoms with E-state index in [0.717, 1.165) is 11.3 Å². The van der Waals surface area contributed by atoms with Crippen molar-refractivity contribution < 1.29 is 27.8 Å². The minimum Gasteiger partial charge on any atom is -0.487 e. The van der Waals surface area contributed by atoms with Gasteiger partial charge >= 0.3 is 5.97 Å². The number of carboxylic acids is 1. The highest BCUT2D eigenvalue weighted by molar-refractivity contribution is 7.91. The molecule has 1 aliphatic rings. The Morgan fingerprint density at radius 1 is 1.45 bits per heavy atom. The molecule has 0 spiro atoms. The van der Waals surface area contributed by atoms with Crippen LogP contribution in [0.25, 0.3) is 0 Å². The molecule has 1 N–H and O–H groups in total. The highest BCUT2D eigenvalue weighted by atomic mass is 32.2. The maximum absolute atomic E-state index is 12.3. The Morgan fingerprint density at radius 2 is 2.10 bits per heavy atom. The molecule has 0 radical (unpaired) electrons. The van der Waals surface area contributed by atoms with Gasteiger partial charge in [-0.2, -0.15) is 4.31 Å². The zero-order valence-corrected chi connectivity index (χ0v) is 12.6. The van der Waals surface area contributed by atoms with Gasteiger partial charge < -0.3 is 14.6 Å². The minimum absolute atomic E-state index is 0.146. The number of carbonyl (C=O) groups is 1. The standard InChI is InChI=1S/C11H15NO6S2/c1-17-8-3-4-9(19-8)20(15,16)12-5-7(6-12)10(18-2)11(13)14/h3-4,7,10H,5-6H2,1-2H3,(H,13,14). The van der Waals surface area contributed by atoms with E-state index in [-0.39, 0.29) is 23.2 Å². The van der Waals surface area contributed by atoms with E-state index in [9.17, 15) is 13.2 Å². The van der Waals surface area contributed by atoms with Gasteiger partial charge in [0.2, 0.25) is 0 Å². The van der Waals surface area contributed by atoms with E-state index < -0.39 is 22.1 Å². The Labute approximate surface area is 120 Å². The number of hydrogen-bond acceptors (Lipinski definition) is 6. The first-order valence-corrected chi connectivity index (χ1v) is 8.05. The zero-order valence-electron chi connectivity index (χ0n) is 11.0. The molecule has 0 bridgehead atoms. The van der Waals surface area contributed by atoms with Crippen molar-refractivity contribution in [3.8, 4) is 5.06 Å². The highest BCUT2D eigenvalue weighted by Gasteiger charge is 2.43. The lowest BCUT2D eigenvalue weighted by molar-refractivity contribution is -0.154. The normalized spacial score (nSPS) is 18.5. The zero-order chi connectivity index (χ0) is 14.9. The van der Waals surface area contributed by atoms with Crippen molar-refractivity contribution in [3.05, 3.63) is 12.1 Å². The third-order valence-corrected chi connectivity index (χ3v) is 6.50. The average molecular weight is 321 g/mol. The van der Waals surface area contributed by atoms with Crippen molar-refractivity contribution in [3.63, 3.8) is 0 Å². The van der Waals surface area contributed by atoms with Crippen LogP contribution in [0.5, 0.6) is 5.06 Å². The summed E-state index contributed by atoms with van der Waals surface area (Å²) in [6.07, 6.45) is -0.973. The molecule has 0 aromatic carbocycles. The minimum atomic E-state index is -3.57. The summed E-state index contributed by atoms with van der Waals surface area (Å²) < 4.78 is 35.8. The molecule has 1 fully saturated rings. The summed E-state index contributed by atoms with van der Waals surface area (Å²) in [6.45, 7) is 0.292. The van der Waals surface area contributed by atoms with Crippen LogP contribution in [0.3, 0.4) is 0 Å². The van der Waals surface area contributed by atoms with Gasteiger partial charge in [0.25, 0.3) is 10.0 Å². The Bertz CT molecular complexity index is 590. The topological polar surface area (TPSA) is 93.1 Å². The Kier molecular flexibility index (Phi) is 4.33. The molecule has 1 aromatic rings. The van der Waals surface area contributed by atoms with Crippen molar-refractivity contribution in [2.24, 2.45) is 5.92 Å². The summed E-state index contributed by atoms with van der Waals surface area (Å²) in [4.78, 5) is 10.9. The van der Waals surface area contributed by atoms with E-state index >= 15 is 0 Å². The number of thiophene rings is 1. The lowest BCUT2D eigenvalue weighted by Crippen LogP contribution is -2.56. The van der Waals surface area contributed by atoms with Crippen LogP contribution in [0.2, 0.25) is 0 Å². The molecule has 112 valence electrons. The Hall–Kier alpha value is -1.16. The Morgan fingerprint density at radius 3 is 2.55 bits per heavy atom. The second-order valence-electron chi connectivity index (χ2n) is 4.35. The van der Waals surface area contributed by atoms with Gasteiger partial charge in [0.1, 0.15) is 4.21 Å². The third kappa shape index (κ3) is 2.66. The van der Waals surface area contributed by atoms with Gasteiger partial charge in [-0.05, 0) is 12.1 Å². The summed E-state index contributed by atoms with van der Waals surface area (Å²) in [5.41, 5.74) is 0. The first-order valence-electron chi connectivity index (χ1n) is 5.79. The molecule has 1 unspecified atom stereocenters. The smallest absolute Gasteiger partial charge is 0.333 e. The number of sulfonamides is 1. The molecule has 9 heteroatoms. The third-order valence-electron chi connectivity index (χ3n) is 3.15. The van der Waals surface area contributed by atoms with Gasteiger partial charge in [0.15, 0.2) is 11.2 Å². The number of hydrogen-bond donors (Lipinski definition) is 1. The molecule has 1 aromatic heterocycles. The summed E-state index contributed by atoms with van der Waals surface area (Å²) >= 11 is 1.04. The van der Waals surface area contributed by atoms with Crippen LogP contribution in [0.1, 0.15) is 0 Å². The highest BCUT2D eigenvalue weighted by Crippen LogP contribution is 2.34. The quantitative estimate of drug-likeness (QED) is 0.819. The largest absolute Gasteiger partial charge is 0.487 e. The molecule has 7 nitrogen and oxygen atoms in total. The SMILES string of the molecule is COc1ccc(S(=O)(=O)N2CC(C(OC)C(=O)O)C2)s1. The second-order valence-corrected chi connectivity index (χ2v) is 7.57. The molecule has 1 saturated heterocycles. The van der Waals surface area contributed by atoms with E-state index in [2.05, 4.69) is 0 Å². The monoisotopic (exact) mass is 321 g/mol. The van der Waals surface area contributed by atoms with Crippen molar-refractivity contribution in [2.45, 2.75) is 10.3 Å². The fourth-order valence-corrected chi connectivity index (χ4v) is 4.84. The summed E-state index contributed by atoms with van der Waals surface area (Å²) in [6, 6.07) is 3.07. The van der Waals surface area contributed by atoms with Gasteiger partial charge in [0, 0.05) is 26.1 Å². The summed E-state index contributed by atoms with van der Waals surface area (Å²) in [7, 11) is -0.793. The number of ether oxygens (including phenoxy) is 2. The number of carboxylic acid groups (broad SMARTS) is 1. The van der Waals surface area contributed by atoms with Crippen LogP contribution in [-0.2, 0) is 19.6 Å². The summed E-state index contributed by atoms with van der Waals surface area (Å²) in [5.74, 6) is -1.40. The van der Waals surface area contributed by atoms with Crippen LogP contribution >= 0.6 is 11.3 Å². The van der Waals surface area contributed by atoms with Crippen molar-refractivity contribution in [1.29, 1.82) is 0 Å². The van der Waals surface area contributed by atoms with Crippen LogP contribution in [0.15, 0.2) is 16.3 Å². The van der Waals surface area contributed by atoms with Gasteiger partial charge in [0.05, 0.1) is 7.11 Å². The van der Waals surface area contributed by atoms with E-state index in [1.807, 2.05) is 0 Å². The first-order chi connectivity index (χ1) is 9.40. The number of nitrogens with zero attached hydrogens (tertiary/aromatic N) is 1. The van der Waals surface area contributed by atoms with Crippen LogP contribution in [0, 0.1) is 5.92 Å². The van der Waals surface area contributed by atoms with E-state index in [0.29, 0.717) is 5.06 Å². The fraction of sp³-hybridized carbons (Fsp3) is 0.545. The van der Waals surface area contributed by atoms with Gasteiger partial charge in [-0.1, -0.05) is 11.3 Å². The average Bonchev–Trinajstić information content (AvgIpc) is 2.81. The first kappa shape index (κ1) is 15.2. The van der Waals surface area contributed by atoms with Gasteiger partial charge in [-0.25, -0.2) is 13.2 Å². The van der Waals surface area contributed by atoms with Crippen LogP contribution < -0.4 is 4.74 Å². The number of methoxy groups -OCH3 is 2. The van der Waals surface area contributed by atoms with Crippen LogP contribution in [-0.4, -0.2) is 57.2 Å². The molecule has 2 rings (SSSR count). The molecular formula is C11H15NO6S2. The van der Waals surface area contributed by atoms with E-state index in [4.69, 9.17) is 14.6 Å². The van der Waals surface area contributed by atoms with E-state index in [1.165, 1.54) is 24.6 Å². The molecule has 20 heavy (non-hydrogen) atoms. The predicted octanol–water partition coefficient (Wildman–Crippen LogP) is 0.477.